The summed E-state index contributed by atoms with van der Waals surface area (Å²) in [6.07, 6.45) is 3.36. The Morgan fingerprint density at radius 1 is 1.53 bits per heavy atom. The van der Waals surface area contributed by atoms with E-state index in [2.05, 4.69) is 17.1 Å². The molecule has 1 aromatic rings. The number of nitrogens with zero attached hydrogens (tertiary/aromatic N) is 3. The Bertz CT molecular complexity index is 389. The van der Waals surface area contributed by atoms with Gasteiger partial charge in [-0.25, -0.2) is 0 Å². The van der Waals surface area contributed by atoms with Crippen molar-refractivity contribution in [1.82, 2.24) is 15.1 Å². The van der Waals surface area contributed by atoms with Gasteiger partial charge in [-0.2, -0.15) is 0 Å². The van der Waals surface area contributed by atoms with Crippen LogP contribution in [0.3, 0.4) is 0 Å². The molecule has 1 amide bonds. The Hall–Kier alpha value is -1.39. The molecule has 1 atom stereocenters. The van der Waals surface area contributed by atoms with Crippen molar-refractivity contribution in [3.05, 3.63) is 11.8 Å². The molecule has 0 saturated carbocycles. The van der Waals surface area contributed by atoms with Crippen LogP contribution in [-0.2, 0) is 11.2 Å². The lowest BCUT2D eigenvalue weighted by Crippen LogP contribution is -2.39. The molecule has 1 aliphatic rings. The van der Waals surface area contributed by atoms with Crippen molar-refractivity contribution in [2.45, 2.75) is 39.5 Å². The molecule has 5 heteroatoms. The molecule has 0 unspecified atom stereocenters. The van der Waals surface area contributed by atoms with Crippen LogP contribution >= 0.6 is 0 Å². The summed E-state index contributed by atoms with van der Waals surface area (Å²) in [6, 6.07) is 0. The summed E-state index contributed by atoms with van der Waals surface area (Å²) in [7, 11) is 0. The number of carbonyl (C=O) groups excluding carboxylic acids is 1. The van der Waals surface area contributed by atoms with Gasteiger partial charge in [-0.3, -0.25) is 4.79 Å². The van der Waals surface area contributed by atoms with Gasteiger partial charge in [0.2, 0.25) is 17.7 Å². The van der Waals surface area contributed by atoms with Crippen LogP contribution < -0.4 is 0 Å². The minimum Gasteiger partial charge on any atom is -0.426 e. The average molecular weight is 237 g/mol. The molecule has 0 aromatic carbocycles. The van der Waals surface area contributed by atoms with Crippen molar-refractivity contribution in [3.63, 3.8) is 0 Å². The van der Waals surface area contributed by atoms with Gasteiger partial charge >= 0.3 is 0 Å². The van der Waals surface area contributed by atoms with E-state index in [1.807, 2.05) is 4.90 Å². The lowest BCUT2D eigenvalue weighted by molar-refractivity contribution is -0.132. The molecule has 1 fully saturated rings. The highest BCUT2D eigenvalue weighted by Gasteiger charge is 2.21. The second-order valence-electron chi connectivity index (χ2n) is 4.80. The van der Waals surface area contributed by atoms with Crippen LogP contribution in [0, 0.1) is 12.8 Å². The molecule has 0 radical (unpaired) electrons. The normalized spacial score (nSPS) is 20.6. The fourth-order valence-electron chi connectivity index (χ4n) is 2.23. The minimum absolute atomic E-state index is 0.201. The molecule has 1 aliphatic heterocycles. The first kappa shape index (κ1) is 12.1. The topological polar surface area (TPSA) is 59.2 Å². The van der Waals surface area contributed by atoms with Gasteiger partial charge in [0.1, 0.15) is 0 Å². The van der Waals surface area contributed by atoms with E-state index in [1.165, 1.54) is 6.42 Å². The highest BCUT2D eigenvalue weighted by atomic mass is 16.4. The number of hydrogen-bond donors (Lipinski definition) is 0. The minimum atomic E-state index is 0.201. The number of piperidine rings is 1. The quantitative estimate of drug-likeness (QED) is 0.800. The molecule has 0 spiro atoms. The predicted molar refractivity (Wildman–Crippen MR) is 62.3 cm³/mol. The third kappa shape index (κ3) is 3.28. The van der Waals surface area contributed by atoms with E-state index in [0.717, 1.165) is 19.5 Å². The van der Waals surface area contributed by atoms with Gasteiger partial charge in [0.05, 0.1) is 0 Å². The second kappa shape index (κ2) is 5.29. The van der Waals surface area contributed by atoms with E-state index >= 15 is 0 Å². The summed E-state index contributed by atoms with van der Waals surface area (Å²) < 4.78 is 5.25. The maximum absolute atomic E-state index is 12.0. The van der Waals surface area contributed by atoms with Crippen LogP contribution in [0.5, 0.6) is 0 Å². The van der Waals surface area contributed by atoms with Crippen molar-refractivity contribution in [2.24, 2.45) is 5.92 Å². The summed E-state index contributed by atoms with van der Waals surface area (Å²) in [5.41, 5.74) is 0. The molecule has 2 heterocycles. The zero-order valence-electron chi connectivity index (χ0n) is 10.5. The Morgan fingerprint density at radius 3 is 3.00 bits per heavy atom. The number of aromatic nitrogens is 2. The number of amides is 1. The number of aryl methyl sites for hydroxylation is 2. The summed E-state index contributed by atoms with van der Waals surface area (Å²) in [5.74, 6) is 1.94. The van der Waals surface area contributed by atoms with E-state index in [4.69, 9.17) is 4.42 Å². The molecule has 5 nitrogen and oxygen atoms in total. The zero-order valence-corrected chi connectivity index (χ0v) is 10.5. The van der Waals surface area contributed by atoms with Gasteiger partial charge in [0.15, 0.2) is 0 Å². The number of rotatable bonds is 3. The zero-order chi connectivity index (χ0) is 12.3. The van der Waals surface area contributed by atoms with Gasteiger partial charge < -0.3 is 9.32 Å². The third-order valence-electron chi connectivity index (χ3n) is 3.13. The van der Waals surface area contributed by atoms with Gasteiger partial charge in [0.25, 0.3) is 0 Å². The van der Waals surface area contributed by atoms with Crippen LogP contribution in [0.4, 0.5) is 0 Å². The fourth-order valence-corrected chi connectivity index (χ4v) is 2.23. The lowest BCUT2D eigenvalue weighted by Gasteiger charge is -2.30. The number of likely N-dealkylation sites (tertiary alicyclic amines) is 1. The molecule has 94 valence electrons. The van der Waals surface area contributed by atoms with Crippen LogP contribution in [0.15, 0.2) is 4.42 Å². The van der Waals surface area contributed by atoms with Crippen LogP contribution in [0.1, 0.15) is 38.0 Å². The summed E-state index contributed by atoms with van der Waals surface area (Å²) in [6.45, 7) is 5.74. The van der Waals surface area contributed by atoms with E-state index in [-0.39, 0.29) is 5.91 Å². The number of hydrogen-bond acceptors (Lipinski definition) is 4. The monoisotopic (exact) mass is 237 g/mol. The molecule has 0 aliphatic carbocycles. The highest BCUT2D eigenvalue weighted by molar-refractivity contribution is 5.76. The lowest BCUT2D eigenvalue weighted by atomic mass is 10.00. The van der Waals surface area contributed by atoms with E-state index in [9.17, 15) is 4.79 Å². The molecule has 1 aromatic heterocycles. The Labute approximate surface area is 101 Å². The second-order valence-corrected chi connectivity index (χ2v) is 4.80. The number of carbonyl (C=O) groups is 1. The fraction of sp³-hybridized carbons (Fsp3) is 0.750. The molecule has 0 bridgehead atoms. The predicted octanol–water partition coefficient (Wildman–Crippen LogP) is 1.57. The first-order valence-corrected chi connectivity index (χ1v) is 6.22. The first-order valence-electron chi connectivity index (χ1n) is 6.22. The molecular formula is C12H19N3O2. The Kier molecular flexibility index (Phi) is 3.76. The van der Waals surface area contributed by atoms with Crippen LogP contribution in [0.25, 0.3) is 0 Å². The Balaban J connectivity index is 1.80. The van der Waals surface area contributed by atoms with E-state index < -0.39 is 0 Å². The third-order valence-corrected chi connectivity index (χ3v) is 3.13. The van der Waals surface area contributed by atoms with Gasteiger partial charge in [-0.15, -0.1) is 10.2 Å². The van der Waals surface area contributed by atoms with Crippen molar-refractivity contribution < 1.29 is 9.21 Å². The summed E-state index contributed by atoms with van der Waals surface area (Å²) in [4.78, 5) is 13.9. The maximum Gasteiger partial charge on any atom is 0.223 e. The van der Waals surface area contributed by atoms with Gasteiger partial charge in [-0.1, -0.05) is 6.92 Å². The van der Waals surface area contributed by atoms with Crippen molar-refractivity contribution in [2.75, 3.05) is 13.1 Å². The molecular weight excluding hydrogens is 218 g/mol. The SMILES string of the molecule is Cc1nnc(CCC(=O)N2CCC[C@H](C)C2)o1. The molecule has 17 heavy (non-hydrogen) atoms. The van der Waals surface area contributed by atoms with Gasteiger partial charge in [-0.05, 0) is 18.8 Å². The first-order chi connectivity index (χ1) is 8.15. The van der Waals surface area contributed by atoms with Crippen LogP contribution in [-0.4, -0.2) is 34.1 Å². The highest BCUT2D eigenvalue weighted by Crippen LogP contribution is 2.16. The smallest absolute Gasteiger partial charge is 0.223 e. The maximum atomic E-state index is 12.0. The largest absolute Gasteiger partial charge is 0.426 e. The molecule has 0 N–H and O–H groups in total. The molecule has 2 rings (SSSR count). The summed E-state index contributed by atoms with van der Waals surface area (Å²) >= 11 is 0. The van der Waals surface area contributed by atoms with Crippen molar-refractivity contribution in [1.29, 1.82) is 0 Å². The van der Waals surface area contributed by atoms with E-state index in [0.29, 0.717) is 30.5 Å². The van der Waals surface area contributed by atoms with Crippen LogP contribution in [0.2, 0.25) is 0 Å². The van der Waals surface area contributed by atoms with E-state index in [1.54, 1.807) is 6.92 Å². The average Bonchev–Trinajstić information content (AvgIpc) is 2.72. The Morgan fingerprint density at radius 2 is 2.35 bits per heavy atom. The van der Waals surface area contributed by atoms with Crippen molar-refractivity contribution in [3.8, 4) is 0 Å². The van der Waals surface area contributed by atoms with Crippen molar-refractivity contribution >= 4 is 5.91 Å². The molecule has 1 saturated heterocycles. The van der Waals surface area contributed by atoms with Gasteiger partial charge in [0, 0.05) is 32.9 Å². The summed E-state index contributed by atoms with van der Waals surface area (Å²) in [5, 5.41) is 7.64. The standard InChI is InChI=1S/C12H19N3O2/c1-9-4-3-7-15(8-9)12(16)6-5-11-14-13-10(2)17-11/h9H,3-8H2,1-2H3/t9-/m0/s1.